The summed E-state index contributed by atoms with van der Waals surface area (Å²) in [5.41, 5.74) is 16.0. The normalized spacial score (nSPS) is 31.3. The summed E-state index contributed by atoms with van der Waals surface area (Å²) in [6.45, 7) is 2.90. The summed E-state index contributed by atoms with van der Waals surface area (Å²) in [7, 11) is 7.15. The molecule has 12 unspecified atom stereocenters. The van der Waals surface area contributed by atoms with Crippen LogP contribution in [0.25, 0.3) is 17.2 Å². The Morgan fingerprint density at radius 1 is 0.974 bits per heavy atom. The van der Waals surface area contributed by atoms with Crippen LogP contribution in [-0.4, -0.2) is 97.7 Å². The van der Waals surface area contributed by atoms with E-state index in [-0.39, 0.29) is 61.2 Å². The summed E-state index contributed by atoms with van der Waals surface area (Å²) < 4.78 is 33.4. The average Bonchev–Trinajstić information content (AvgIpc) is 4.15. The maximum absolute atomic E-state index is 13.3. The minimum Gasteiger partial charge on any atom is -0.508 e. The Balaban J connectivity index is 1.16. The molecule has 2 saturated carbocycles. The van der Waals surface area contributed by atoms with E-state index < -0.39 is 35.5 Å². The number of allylic oxidation sites excluding steroid dienone is 3. The maximum atomic E-state index is 13.3. The molecule has 3 aromatic rings. The second-order valence-electron chi connectivity index (χ2n) is 23.3. The van der Waals surface area contributed by atoms with Crippen LogP contribution in [0.5, 0.6) is 28.7 Å². The van der Waals surface area contributed by atoms with E-state index in [9.17, 15) is 20.1 Å². The van der Waals surface area contributed by atoms with Gasteiger partial charge in [-0.2, -0.15) is 0 Å². The van der Waals surface area contributed by atoms with E-state index in [1.807, 2.05) is 33.7 Å². The number of esters is 1. The molecule has 3 fully saturated rings. The molecule has 13 nitrogen and oxygen atoms in total. The van der Waals surface area contributed by atoms with Crippen LogP contribution in [0.2, 0.25) is 0 Å². The molecule has 6 aliphatic heterocycles. The number of rotatable bonds is 8. The Labute approximate surface area is 467 Å². The highest BCUT2D eigenvalue weighted by molar-refractivity contribution is 8.76. The third-order valence-corrected chi connectivity index (χ3v) is 20.9. The quantitative estimate of drug-likeness (QED) is 0.0643. The van der Waals surface area contributed by atoms with Gasteiger partial charge in [0.15, 0.2) is 11.5 Å². The number of aromatic hydroxyl groups is 2. The number of fused-ring (bicyclic) bond motifs is 10. The van der Waals surface area contributed by atoms with E-state index in [0.717, 1.165) is 107 Å². The van der Waals surface area contributed by atoms with Crippen LogP contribution in [0.3, 0.4) is 0 Å². The number of hydrogen-bond donors (Lipinski definition) is 7. The maximum Gasteiger partial charge on any atom is 0.302 e. The highest BCUT2D eigenvalue weighted by atomic mass is 33.1. The lowest BCUT2D eigenvalue weighted by Crippen LogP contribution is -2.49. The van der Waals surface area contributed by atoms with Gasteiger partial charge in [-0.3, -0.25) is 4.79 Å². The molecule has 0 radical (unpaired) electrons. The molecule has 1 spiro atoms. The highest BCUT2D eigenvalue weighted by Crippen LogP contribution is 2.64. The minimum atomic E-state index is -0.794. The molecule has 0 aromatic heterocycles. The third kappa shape index (κ3) is 10.2. The van der Waals surface area contributed by atoms with Crippen LogP contribution in [0.1, 0.15) is 134 Å². The van der Waals surface area contributed by atoms with Gasteiger partial charge in [0.2, 0.25) is 0 Å². The zero-order valence-electron chi connectivity index (χ0n) is 45.1. The molecule has 6 bridgehead atoms. The van der Waals surface area contributed by atoms with Crippen LogP contribution in [0, 0.1) is 47.4 Å². The zero-order valence-corrected chi connectivity index (χ0v) is 46.7. The molecule has 412 valence electrons. The second kappa shape index (κ2) is 22.7. The van der Waals surface area contributed by atoms with Crippen molar-refractivity contribution in [2.24, 2.45) is 29.4 Å². The van der Waals surface area contributed by atoms with Crippen LogP contribution in [0.4, 0.5) is 0 Å². The van der Waals surface area contributed by atoms with Crippen molar-refractivity contribution in [1.82, 2.24) is 16.0 Å². The lowest BCUT2D eigenvalue weighted by molar-refractivity contribution is -0.141. The summed E-state index contributed by atoms with van der Waals surface area (Å²) in [4.78, 5) is 13.2. The predicted molar refractivity (Wildman–Crippen MR) is 306 cm³/mol. The van der Waals surface area contributed by atoms with Crippen LogP contribution < -0.4 is 35.9 Å². The summed E-state index contributed by atoms with van der Waals surface area (Å²) in [6.07, 6.45) is 17.7. The number of nitrogens with two attached hydrogens (primary N) is 1. The van der Waals surface area contributed by atoms with E-state index in [0.29, 0.717) is 72.8 Å². The fourth-order valence-electron chi connectivity index (χ4n) is 14.8. The van der Waals surface area contributed by atoms with Crippen molar-refractivity contribution in [3.63, 3.8) is 0 Å². The predicted octanol–water partition coefficient (Wildman–Crippen LogP) is 9.17. The van der Waals surface area contributed by atoms with Crippen molar-refractivity contribution in [2.75, 3.05) is 52.1 Å². The van der Waals surface area contributed by atoms with Gasteiger partial charge in [0, 0.05) is 95.5 Å². The highest BCUT2D eigenvalue weighted by Gasteiger charge is 2.52. The van der Waals surface area contributed by atoms with Gasteiger partial charge in [0.05, 0.1) is 37.5 Å². The Hall–Kier alpha value is -5.23. The van der Waals surface area contributed by atoms with Crippen LogP contribution >= 0.6 is 21.6 Å². The number of methoxy groups -OCH3 is 2. The van der Waals surface area contributed by atoms with Gasteiger partial charge in [0.1, 0.15) is 42.0 Å². The fraction of sp³-hybridized carbons (Fsp3) is 0.540. The van der Waals surface area contributed by atoms with Crippen molar-refractivity contribution >= 4 is 33.6 Å². The van der Waals surface area contributed by atoms with Crippen molar-refractivity contribution in [3.05, 3.63) is 92.7 Å². The molecular formula is C63H74N4O9S2. The van der Waals surface area contributed by atoms with Crippen molar-refractivity contribution in [2.45, 2.75) is 138 Å². The number of ether oxygens (including phenoxy) is 5. The number of carbonyl (C=O) groups excluding carboxylic acids is 1. The number of carbonyl (C=O) groups is 1. The summed E-state index contributed by atoms with van der Waals surface area (Å²) in [5, 5.41) is 46.1. The molecule has 78 heavy (non-hydrogen) atoms. The van der Waals surface area contributed by atoms with Gasteiger partial charge in [0.25, 0.3) is 0 Å². The van der Waals surface area contributed by atoms with E-state index >= 15 is 0 Å². The Bertz CT molecular complexity index is 3060. The molecule has 0 amide bonds. The first-order valence-electron chi connectivity index (χ1n) is 28.4. The number of benzene rings is 3. The minimum absolute atomic E-state index is 0.0281. The molecular weight excluding hydrogens is 1020 g/mol. The molecule has 12 atom stereocenters. The number of aliphatic hydroxyl groups excluding tert-OH is 1. The van der Waals surface area contributed by atoms with Crippen LogP contribution in [0.15, 0.2) is 53.8 Å². The van der Waals surface area contributed by atoms with E-state index in [1.165, 1.54) is 19.8 Å². The molecule has 3 aromatic carbocycles. The van der Waals surface area contributed by atoms with Gasteiger partial charge in [-0.05, 0) is 135 Å². The lowest BCUT2D eigenvalue weighted by Gasteiger charge is -2.39. The van der Waals surface area contributed by atoms with Crippen molar-refractivity contribution < 1.29 is 43.8 Å². The first-order valence-corrected chi connectivity index (χ1v) is 30.9. The van der Waals surface area contributed by atoms with Gasteiger partial charge in [-0.25, -0.2) is 0 Å². The smallest absolute Gasteiger partial charge is 0.302 e. The van der Waals surface area contributed by atoms with E-state index in [2.05, 4.69) is 70.0 Å². The molecule has 8 N–H and O–H groups in total. The Morgan fingerprint density at radius 3 is 2.71 bits per heavy atom. The molecule has 1 saturated heterocycles. The van der Waals surface area contributed by atoms with Gasteiger partial charge in [-0.1, -0.05) is 76.1 Å². The zero-order chi connectivity index (χ0) is 53.7. The molecule has 9 aliphatic rings. The second-order valence-corrected chi connectivity index (χ2v) is 25.8. The summed E-state index contributed by atoms with van der Waals surface area (Å²) >= 11 is 0. The molecule has 6 heterocycles. The van der Waals surface area contributed by atoms with Crippen molar-refractivity contribution in [1.29, 1.82) is 0 Å². The monoisotopic (exact) mass is 1090 g/mol. The Morgan fingerprint density at radius 2 is 1.86 bits per heavy atom. The lowest BCUT2D eigenvalue weighted by atomic mass is 9.65. The van der Waals surface area contributed by atoms with Crippen molar-refractivity contribution in [3.8, 4) is 63.6 Å². The van der Waals surface area contributed by atoms with Gasteiger partial charge in [-0.15, -0.1) is 0 Å². The number of dihydropyridines is 1. The topological polar surface area (TPSA) is 186 Å². The SMILES string of the molecule is COCC1CCNCc2c(O)c3c(c4c2C(C#CC2=C(C=CC(N)N2)CC2CCC5(Cc6cc(O)cc(OC)c6-c6ccc7c(c65)OC4C7COC(C)=O)C2)C#CC1CCCO)C=CC1NC2CCCC(CSSCC1O3)C2. The van der Waals surface area contributed by atoms with E-state index in [1.54, 1.807) is 20.3 Å². The first kappa shape index (κ1) is 53.4. The number of nitrogens with one attached hydrogen (secondary N) is 3. The van der Waals surface area contributed by atoms with Gasteiger partial charge >= 0.3 is 5.97 Å². The van der Waals surface area contributed by atoms with Gasteiger partial charge < -0.3 is 60.7 Å². The Kier molecular flexibility index (Phi) is 15.6. The largest absolute Gasteiger partial charge is 0.508 e. The number of phenolic OH excluding ortho intramolecular Hbond substituents is 2. The standard InChI is InChI=1S/C63H74N4O9S2/c1-35(69)74-32-49-45-13-14-46-55-42(26-44(70)27-52(55)73-3)29-63-21-19-36(28-63)24-40-12-18-54(64)67-50(40)16-11-39-10-9-38(7-5-23-68)41(31-72-2)20-22-65-30-48-56(39)57(60(49)76-61(45)58(46)63)47-15-17-51-53(75-62(47)59(48)71)34-78-77-33-37-6-4-8-43(25-37)66-51/h12-15,17-18,26-27,36-39,41,43,49,51,53-54,60,65-68,70-71H,4-8,19-25,28-34,64H2,1-3H3. The first-order chi connectivity index (χ1) is 38.0. The number of aliphatic hydroxyl groups is 1. The summed E-state index contributed by atoms with van der Waals surface area (Å²) in [6, 6.07) is 8.11. The number of hydrogen-bond acceptors (Lipinski definition) is 15. The summed E-state index contributed by atoms with van der Waals surface area (Å²) in [5.74, 6) is 17.9. The molecule has 3 aliphatic carbocycles. The van der Waals surface area contributed by atoms with Crippen LogP contribution in [-0.2, 0) is 32.6 Å². The fourth-order valence-corrected chi connectivity index (χ4v) is 17.4. The third-order valence-electron chi connectivity index (χ3n) is 18.3. The molecule has 15 heteroatoms. The number of phenols is 2. The molecule has 12 rings (SSSR count). The van der Waals surface area contributed by atoms with E-state index in [4.69, 9.17) is 29.4 Å². The average molecular weight is 1100 g/mol.